The minimum absolute atomic E-state index is 0.0129. The molecule has 1 unspecified atom stereocenters. The maximum atomic E-state index is 11.1. The van der Waals surface area contributed by atoms with E-state index in [1.165, 1.54) is 13.3 Å². The first-order chi connectivity index (χ1) is 20.8. The fourth-order valence-corrected chi connectivity index (χ4v) is 2.34. The first-order valence-electron chi connectivity index (χ1n) is 13.1. The number of imidazole rings is 1. The number of rotatable bonds is 15. The van der Waals surface area contributed by atoms with Gasteiger partial charge in [-0.1, -0.05) is 0 Å². The number of aromatic nitrogens is 2. The summed E-state index contributed by atoms with van der Waals surface area (Å²) in [4.78, 5) is 62.6. The fraction of sp³-hybridized carbons (Fsp3) is 0.609. The third kappa shape index (κ3) is 26.2. The fourth-order valence-electron chi connectivity index (χ4n) is 2.19. The van der Waals surface area contributed by atoms with E-state index in [4.69, 9.17) is 66.3 Å². The monoisotopic (exact) mass is 669 g/mol. The van der Waals surface area contributed by atoms with Crippen molar-refractivity contribution in [1.29, 1.82) is 0 Å². The van der Waals surface area contributed by atoms with Crippen LogP contribution in [0.1, 0.15) is 31.9 Å². The van der Waals surface area contributed by atoms with E-state index in [2.05, 4.69) is 32.3 Å². The number of hydrogen-bond donors (Lipinski definition) is 14. The summed E-state index contributed by atoms with van der Waals surface area (Å²) in [7, 11) is 0. The zero-order valence-electron chi connectivity index (χ0n) is 24.8. The highest BCUT2D eigenvalue weighted by Gasteiger charge is 2.21. The van der Waals surface area contributed by atoms with Gasteiger partial charge in [-0.15, -0.1) is 0 Å². The molecule has 1 aromatic rings. The molecule has 0 bridgehead atoms. The first kappa shape index (κ1) is 45.5. The van der Waals surface area contributed by atoms with E-state index in [1.54, 1.807) is 6.20 Å². The molecule has 0 fully saturated rings. The Morgan fingerprint density at radius 1 is 0.911 bits per heavy atom. The average Bonchev–Trinajstić information content (AvgIpc) is 3.48. The summed E-state index contributed by atoms with van der Waals surface area (Å²) in [6, 6.07) is -4.62. The van der Waals surface area contributed by atoms with Gasteiger partial charge in [0.15, 0.2) is 5.96 Å². The minimum atomic E-state index is -1.18. The van der Waals surface area contributed by atoms with Crippen molar-refractivity contribution < 1.29 is 49.1 Å². The summed E-state index contributed by atoms with van der Waals surface area (Å²) in [5.74, 6) is -4.69. The van der Waals surface area contributed by atoms with Gasteiger partial charge in [-0.05, 0) is 32.7 Å². The summed E-state index contributed by atoms with van der Waals surface area (Å²) in [5, 5.41) is 33.4. The molecule has 0 aromatic carbocycles. The molecule has 1 heterocycles. The molecule has 0 radical (unpaired) electrons. The molecule has 0 aliphatic rings. The number of nitrogens with zero attached hydrogens (tertiary/aromatic N) is 2. The maximum absolute atomic E-state index is 11.1. The number of aliphatic imine (C=N–C) groups is 1. The number of hydrogen-bond acceptors (Lipinski definition) is 16. The lowest BCUT2D eigenvalue weighted by atomic mass is 10.2. The highest BCUT2D eigenvalue weighted by Crippen LogP contribution is 1.96. The van der Waals surface area contributed by atoms with Crippen LogP contribution in [0.25, 0.3) is 0 Å². The van der Waals surface area contributed by atoms with Crippen molar-refractivity contribution in [2.24, 2.45) is 50.9 Å². The van der Waals surface area contributed by atoms with Gasteiger partial charge in [0.2, 0.25) is 0 Å². The van der Waals surface area contributed by atoms with Crippen molar-refractivity contribution in [3.8, 4) is 0 Å². The normalized spacial score (nSPS) is 14.0. The van der Waals surface area contributed by atoms with Crippen LogP contribution in [-0.2, 0) is 35.1 Å². The second-order valence-electron chi connectivity index (χ2n) is 8.94. The Morgan fingerprint density at radius 2 is 1.44 bits per heavy atom. The third-order valence-electron chi connectivity index (χ3n) is 4.88. The molecule has 0 saturated carbocycles. The molecule has 1 aromatic heterocycles. The number of carbonyl (C=O) groups is 5. The third-order valence-corrected chi connectivity index (χ3v) is 5.28. The predicted molar refractivity (Wildman–Crippen MR) is 165 cm³/mol. The molecule has 1 rings (SSSR count). The molecule has 21 nitrogen and oxygen atoms in total. The van der Waals surface area contributed by atoms with Crippen LogP contribution in [0, 0.1) is 0 Å². The summed E-state index contributed by atoms with van der Waals surface area (Å²) in [6.07, 6.45) is 3.58. The zero-order chi connectivity index (χ0) is 35.7. The second kappa shape index (κ2) is 26.5. The van der Waals surface area contributed by atoms with Gasteiger partial charge >= 0.3 is 29.8 Å². The van der Waals surface area contributed by atoms with Gasteiger partial charge in [0.05, 0.1) is 12.4 Å². The maximum Gasteiger partial charge on any atom is 0.331 e. The number of guanidine groups is 1. The van der Waals surface area contributed by atoms with Gasteiger partial charge < -0.3 is 76.0 Å². The standard InChI is InChI=1S/C7H15N3O3S.C6H14N4O2.C6H9N3O2.C4H9NO3/c8-2-1-4(9)6(11)13-7(12)5(10)3-14;7-4(5(11)12)2-1-3-10-6(8)9;7-5(6(10)11)1-4-2-8-3-9-4;1-2(6)3(5)4(7)8/h4-5,14H,1-3,8-10H2;4H,1-3,7H2,(H,11,12)(H4,8,9,10);2-3,5H,1,7H2,(H,8,9)(H,10,11);2-3,6H,5H2,1H3,(H,7,8)/t4?,5-;4-;5-;2-,3+/m0001/s1. The van der Waals surface area contributed by atoms with E-state index in [0.717, 1.165) is 5.69 Å². The number of esters is 2. The van der Waals surface area contributed by atoms with Crippen molar-refractivity contribution in [2.45, 2.75) is 68.9 Å². The Morgan fingerprint density at radius 3 is 1.80 bits per heavy atom. The summed E-state index contributed by atoms with van der Waals surface area (Å²) in [6.45, 7) is 2.01. The lowest BCUT2D eigenvalue weighted by Gasteiger charge is -2.11. The molecular formula is C23H47N11O10S. The van der Waals surface area contributed by atoms with Crippen LogP contribution in [0.15, 0.2) is 17.5 Å². The number of carboxylic acid groups (broad SMARTS) is 3. The molecule has 0 aliphatic heterocycles. The van der Waals surface area contributed by atoms with E-state index in [9.17, 15) is 24.0 Å². The number of nitrogens with one attached hydrogen (secondary N) is 1. The van der Waals surface area contributed by atoms with Gasteiger partial charge in [0.1, 0.15) is 30.2 Å². The smallest absolute Gasteiger partial charge is 0.331 e. The van der Waals surface area contributed by atoms with Crippen LogP contribution in [0.4, 0.5) is 0 Å². The zero-order valence-corrected chi connectivity index (χ0v) is 25.7. The van der Waals surface area contributed by atoms with Crippen LogP contribution in [0.3, 0.4) is 0 Å². The van der Waals surface area contributed by atoms with Crippen molar-refractivity contribution in [3.05, 3.63) is 18.2 Å². The van der Waals surface area contributed by atoms with Crippen LogP contribution in [-0.4, -0.2) is 121 Å². The number of aromatic amines is 1. The summed E-state index contributed by atoms with van der Waals surface area (Å²) < 4.78 is 4.39. The molecule has 45 heavy (non-hydrogen) atoms. The Bertz CT molecular complexity index is 1030. The molecule has 0 spiro atoms. The number of ether oxygens (including phenoxy) is 1. The van der Waals surface area contributed by atoms with Gasteiger partial charge in [-0.2, -0.15) is 12.6 Å². The molecular weight excluding hydrogens is 622 g/mol. The largest absolute Gasteiger partial charge is 0.480 e. The summed E-state index contributed by atoms with van der Waals surface area (Å²) in [5.41, 5.74) is 42.0. The molecule has 0 saturated heterocycles. The molecule has 21 N–H and O–H groups in total. The lowest BCUT2D eigenvalue weighted by molar-refractivity contribution is -0.161. The average molecular weight is 670 g/mol. The van der Waals surface area contributed by atoms with Gasteiger partial charge in [0, 0.05) is 30.6 Å². The number of nitrogens with two attached hydrogens (primary N) is 8. The van der Waals surface area contributed by atoms with E-state index >= 15 is 0 Å². The Hall–Kier alpha value is -3.90. The van der Waals surface area contributed by atoms with Crippen LogP contribution < -0.4 is 45.9 Å². The quantitative estimate of drug-likeness (QED) is 0.0207. The number of carboxylic acids is 3. The summed E-state index contributed by atoms with van der Waals surface area (Å²) >= 11 is 3.78. The van der Waals surface area contributed by atoms with Gasteiger partial charge in [0.25, 0.3) is 0 Å². The van der Waals surface area contributed by atoms with Crippen LogP contribution in [0.2, 0.25) is 0 Å². The number of thiol groups is 1. The van der Waals surface area contributed by atoms with E-state index in [-0.39, 0.29) is 31.1 Å². The van der Waals surface area contributed by atoms with Crippen molar-refractivity contribution >= 4 is 48.4 Å². The SMILES string of the molecule is C[C@@H](O)[C@H](N)C(=O)O.NC(N)=NCCC[C@H](N)C(=O)O.NCCC(N)C(=O)OC(=O)[C@@H](N)CS.N[C@@H](Cc1cnc[nH]1)C(=O)O. The van der Waals surface area contributed by atoms with Crippen molar-refractivity contribution in [2.75, 3.05) is 18.8 Å². The molecule has 6 atom stereocenters. The van der Waals surface area contributed by atoms with Gasteiger partial charge in [-0.3, -0.25) is 19.4 Å². The topological polar surface area (TPSA) is 425 Å². The first-order valence-corrected chi connectivity index (χ1v) is 13.7. The lowest BCUT2D eigenvalue weighted by Crippen LogP contribution is -2.41. The molecule has 260 valence electrons. The Kier molecular flexibility index (Phi) is 26.8. The number of H-pyrrole nitrogens is 1. The van der Waals surface area contributed by atoms with Crippen molar-refractivity contribution in [1.82, 2.24) is 9.97 Å². The molecule has 0 amide bonds. The molecule has 22 heteroatoms. The number of aliphatic carboxylic acids is 3. The predicted octanol–water partition coefficient (Wildman–Crippen LogP) is -5.42. The highest BCUT2D eigenvalue weighted by atomic mass is 32.1. The Labute approximate surface area is 264 Å². The van der Waals surface area contributed by atoms with E-state index < -0.39 is 66.2 Å². The minimum Gasteiger partial charge on any atom is -0.480 e. The van der Waals surface area contributed by atoms with Crippen LogP contribution in [0.5, 0.6) is 0 Å². The second-order valence-corrected chi connectivity index (χ2v) is 9.30. The van der Waals surface area contributed by atoms with E-state index in [0.29, 0.717) is 19.4 Å². The van der Waals surface area contributed by atoms with E-state index in [1.807, 2.05) is 0 Å². The van der Waals surface area contributed by atoms with Crippen LogP contribution >= 0.6 is 12.6 Å². The number of aliphatic hydroxyl groups is 1. The number of carbonyl (C=O) groups excluding carboxylic acids is 2. The highest BCUT2D eigenvalue weighted by molar-refractivity contribution is 7.80. The van der Waals surface area contributed by atoms with Gasteiger partial charge in [-0.25, -0.2) is 14.6 Å². The number of aliphatic hydroxyl groups excluding tert-OH is 1. The van der Waals surface area contributed by atoms with Crippen molar-refractivity contribution in [3.63, 3.8) is 0 Å². The Balaban J connectivity index is -0.000000531. The molecule has 0 aliphatic carbocycles.